The van der Waals surface area contributed by atoms with Gasteiger partial charge < -0.3 is 4.90 Å². The minimum absolute atomic E-state index is 0.0337. The molecule has 2 aromatic heterocycles. The Balaban J connectivity index is 1.60. The van der Waals surface area contributed by atoms with Crippen LogP contribution in [-0.2, 0) is 19.0 Å². The molecular formula is C18H26ClN5OS. The standard InChI is InChI=1S/C18H26ClN5OS/c1-18(2,3)17-21-13(12-26-17)11-23-6-5-7-24(9-8-23)16(25)14-10-20-22(4)15(14)19/h10,12H,5-9,11H2,1-4H3. The largest absolute Gasteiger partial charge is 0.337 e. The van der Waals surface area contributed by atoms with Gasteiger partial charge in [0.1, 0.15) is 5.15 Å². The number of nitrogens with zero attached hydrogens (tertiary/aromatic N) is 5. The minimum Gasteiger partial charge on any atom is -0.337 e. The van der Waals surface area contributed by atoms with E-state index >= 15 is 0 Å². The third-order valence-corrected chi connectivity index (χ3v) is 6.32. The Morgan fingerprint density at radius 2 is 2.04 bits per heavy atom. The van der Waals surface area contributed by atoms with Crippen LogP contribution in [0.4, 0.5) is 0 Å². The van der Waals surface area contributed by atoms with Crippen molar-refractivity contribution in [3.05, 3.63) is 33.0 Å². The van der Waals surface area contributed by atoms with Crippen molar-refractivity contribution in [3.8, 4) is 0 Å². The van der Waals surface area contributed by atoms with Crippen molar-refractivity contribution in [1.29, 1.82) is 0 Å². The number of aryl methyl sites for hydroxylation is 1. The number of halogens is 1. The van der Waals surface area contributed by atoms with E-state index in [4.69, 9.17) is 16.6 Å². The van der Waals surface area contributed by atoms with E-state index in [1.807, 2.05) is 4.90 Å². The molecule has 0 atom stereocenters. The summed E-state index contributed by atoms with van der Waals surface area (Å²) in [6.07, 6.45) is 2.50. The van der Waals surface area contributed by atoms with Crippen molar-refractivity contribution in [1.82, 2.24) is 24.6 Å². The number of thiazole rings is 1. The maximum atomic E-state index is 12.7. The van der Waals surface area contributed by atoms with Gasteiger partial charge in [-0.2, -0.15) is 5.10 Å². The van der Waals surface area contributed by atoms with Gasteiger partial charge in [-0.1, -0.05) is 32.4 Å². The molecule has 0 N–H and O–H groups in total. The lowest BCUT2D eigenvalue weighted by Gasteiger charge is -2.21. The highest BCUT2D eigenvalue weighted by Gasteiger charge is 2.24. The average molecular weight is 396 g/mol. The molecule has 6 nitrogen and oxygen atoms in total. The fourth-order valence-corrected chi connectivity index (χ4v) is 4.09. The van der Waals surface area contributed by atoms with E-state index < -0.39 is 0 Å². The number of carbonyl (C=O) groups is 1. The predicted molar refractivity (Wildman–Crippen MR) is 105 cm³/mol. The highest BCUT2D eigenvalue weighted by Crippen LogP contribution is 2.26. The smallest absolute Gasteiger partial charge is 0.258 e. The van der Waals surface area contributed by atoms with E-state index in [0.717, 1.165) is 38.3 Å². The zero-order valence-corrected chi connectivity index (χ0v) is 17.4. The summed E-state index contributed by atoms with van der Waals surface area (Å²) in [5, 5.41) is 7.79. The first-order valence-electron chi connectivity index (χ1n) is 8.89. The summed E-state index contributed by atoms with van der Waals surface area (Å²) < 4.78 is 1.52. The Labute approximate surface area is 163 Å². The number of rotatable bonds is 3. The number of amides is 1. The third kappa shape index (κ3) is 4.27. The first-order valence-corrected chi connectivity index (χ1v) is 10.2. The van der Waals surface area contributed by atoms with Crippen molar-refractivity contribution >= 4 is 28.8 Å². The molecule has 1 fully saturated rings. The van der Waals surface area contributed by atoms with Gasteiger partial charge in [0.05, 0.1) is 22.5 Å². The van der Waals surface area contributed by atoms with Crippen molar-refractivity contribution in [2.75, 3.05) is 26.2 Å². The molecule has 2 aromatic rings. The molecular weight excluding hydrogens is 370 g/mol. The summed E-state index contributed by atoms with van der Waals surface area (Å²) in [6.45, 7) is 10.6. The molecule has 0 aliphatic carbocycles. The summed E-state index contributed by atoms with van der Waals surface area (Å²) in [5.74, 6) is -0.0337. The van der Waals surface area contributed by atoms with Gasteiger partial charge in [-0.3, -0.25) is 14.4 Å². The molecule has 1 aliphatic rings. The van der Waals surface area contributed by atoms with Crippen LogP contribution >= 0.6 is 22.9 Å². The zero-order chi connectivity index (χ0) is 18.9. The van der Waals surface area contributed by atoms with Crippen LogP contribution in [0.25, 0.3) is 0 Å². The van der Waals surface area contributed by atoms with Gasteiger partial charge >= 0.3 is 0 Å². The Morgan fingerprint density at radius 1 is 1.27 bits per heavy atom. The molecule has 0 saturated carbocycles. The lowest BCUT2D eigenvalue weighted by molar-refractivity contribution is 0.0761. The number of hydrogen-bond donors (Lipinski definition) is 0. The van der Waals surface area contributed by atoms with Crippen molar-refractivity contribution in [2.45, 2.75) is 39.2 Å². The van der Waals surface area contributed by atoms with Gasteiger partial charge in [0.15, 0.2) is 0 Å². The van der Waals surface area contributed by atoms with Crippen LogP contribution < -0.4 is 0 Å². The van der Waals surface area contributed by atoms with Crippen LogP contribution in [0.2, 0.25) is 5.15 Å². The fourth-order valence-electron chi connectivity index (χ4n) is 3.02. The van der Waals surface area contributed by atoms with Gasteiger partial charge in [0.25, 0.3) is 5.91 Å². The number of carbonyl (C=O) groups excluding carboxylic acids is 1. The molecule has 0 spiro atoms. The van der Waals surface area contributed by atoms with Crippen LogP contribution in [0.1, 0.15) is 48.3 Å². The van der Waals surface area contributed by atoms with E-state index in [2.05, 4.69) is 36.1 Å². The van der Waals surface area contributed by atoms with Crippen LogP contribution in [-0.4, -0.2) is 56.7 Å². The topological polar surface area (TPSA) is 54.3 Å². The summed E-state index contributed by atoms with van der Waals surface area (Å²) in [6, 6.07) is 0. The molecule has 142 valence electrons. The quantitative estimate of drug-likeness (QED) is 0.800. The summed E-state index contributed by atoms with van der Waals surface area (Å²) >= 11 is 7.90. The fraction of sp³-hybridized carbons (Fsp3) is 0.611. The van der Waals surface area contributed by atoms with E-state index in [1.54, 1.807) is 24.6 Å². The van der Waals surface area contributed by atoms with Gasteiger partial charge in [0, 0.05) is 50.6 Å². The molecule has 26 heavy (non-hydrogen) atoms. The Morgan fingerprint density at radius 3 is 2.65 bits per heavy atom. The second-order valence-electron chi connectivity index (χ2n) is 7.79. The van der Waals surface area contributed by atoms with Crippen LogP contribution in [0, 0.1) is 0 Å². The molecule has 3 heterocycles. The molecule has 1 amide bonds. The van der Waals surface area contributed by atoms with Crippen LogP contribution in [0.15, 0.2) is 11.6 Å². The highest BCUT2D eigenvalue weighted by atomic mass is 35.5. The van der Waals surface area contributed by atoms with E-state index in [-0.39, 0.29) is 11.3 Å². The van der Waals surface area contributed by atoms with Gasteiger partial charge in [-0.05, 0) is 6.42 Å². The Bertz CT molecular complexity index is 779. The summed E-state index contributed by atoms with van der Waals surface area (Å²) in [7, 11) is 1.74. The highest BCUT2D eigenvalue weighted by molar-refractivity contribution is 7.09. The van der Waals surface area contributed by atoms with Crippen molar-refractivity contribution in [3.63, 3.8) is 0 Å². The lowest BCUT2D eigenvalue weighted by atomic mass is 9.98. The van der Waals surface area contributed by atoms with E-state index in [0.29, 0.717) is 17.3 Å². The first-order chi connectivity index (χ1) is 12.3. The van der Waals surface area contributed by atoms with Gasteiger partial charge in [-0.15, -0.1) is 11.3 Å². The normalized spacial score (nSPS) is 16.7. The van der Waals surface area contributed by atoms with Crippen LogP contribution in [0.3, 0.4) is 0 Å². The summed E-state index contributed by atoms with van der Waals surface area (Å²) in [4.78, 5) is 21.8. The second kappa shape index (κ2) is 7.66. The minimum atomic E-state index is -0.0337. The lowest BCUT2D eigenvalue weighted by Crippen LogP contribution is -2.35. The average Bonchev–Trinajstić information content (AvgIpc) is 3.09. The maximum absolute atomic E-state index is 12.7. The number of hydrogen-bond acceptors (Lipinski definition) is 5. The predicted octanol–water partition coefficient (Wildman–Crippen LogP) is 3.18. The molecule has 0 radical (unpaired) electrons. The molecule has 8 heteroatoms. The SMILES string of the molecule is Cn1ncc(C(=O)N2CCCN(Cc3csc(C(C)(C)C)n3)CC2)c1Cl. The molecule has 0 aromatic carbocycles. The molecule has 1 saturated heterocycles. The van der Waals surface area contributed by atoms with Gasteiger partial charge in [0.2, 0.25) is 0 Å². The van der Waals surface area contributed by atoms with Crippen molar-refractivity contribution < 1.29 is 4.79 Å². The molecule has 3 rings (SSSR count). The zero-order valence-electron chi connectivity index (χ0n) is 15.8. The monoisotopic (exact) mass is 395 g/mol. The molecule has 0 unspecified atom stereocenters. The van der Waals surface area contributed by atoms with E-state index in [9.17, 15) is 4.79 Å². The second-order valence-corrected chi connectivity index (χ2v) is 9.00. The Hall–Kier alpha value is -1.44. The van der Waals surface area contributed by atoms with Crippen LogP contribution in [0.5, 0.6) is 0 Å². The summed E-state index contributed by atoms with van der Waals surface area (Å²) in [5.41, 5.74) is 1.69. The molecule has 0 bridgehead atoms. The van der Waals surface area contributed by atoms with E-state index in [1.165, 1.54) is 9.69 Å². The van der Waals surface area contributed by atoms with Gasteiger partial charge in [-0.25, -0.2) is 4.98 Å². The van der Waals surface area contributed by atoms with Crippen molar-refractivity contribution in [2.24, 2.45) is 7.05 Å². The third-order valence-electron chi connectivity index (χ3n) is 4.55. The maximum Gasteiger partial charge on any atom is 0.258 e. The molecule has 1 aliphatic heterocycles. The number of aromatic nitrogens is 3. The first kappa shape index (κ1) is 19.3. The Kier molecular flexibility index (Phi) is 5.69.